The Hall–Kier alpha value is -1.31. The number of esters is 1. The number of rotatable bonds is 5. The quantitative estimate of drug-likeness (QED) is 0.754. The Kier molecular flexibility index (Phi) is 3.71. The molecule has 2 nitrogen and oxygen atoms in total. The van der Waals surface area contributed by atoms with Gasteiger partial charge in [0.2, 0.25) is 0 Å². The first-order valence-electron chi connectivity index (χ1n) is 8.90. The molecule has 4 bridgehead atoms. The number of carbonyl (C=O) groups excluding carboxylic acids is 1. The van der Waals surface area contributed by atoms with Gasteiger partial charge >= 0.3 is 5.97 Å². The normalized spacial score (nSPS) is 35.5. The van der Waals surface area contributed by atoms with E-state index in [1.807, 2.05) is 30.3 Å². The van der Waals surface area contributed by atoms with Crippen LogP contribution in [-0.4, -0.2) is 12.6 Å². The standard InChI is InChI=1S/C20H26O2/c21-19(11-15-4-2-1-3-5-15)22-7-6-20-12-16-8-17(13-20)10-18(9-16)14-20/h1-5,16-18H,6-14H2. The zero-order valence-electron chi connectivity index (χ0n) is 13.3. The lowest BCUT2D eigenvalue weighted by Gasteiger charge is -2.57. The predicted octanol–water partition coefficient (Wildman–Crippen LogP) is 4.38. The van der Waals surface area contributed by atoms with Gasteiger partial charge < -0.3 is 4.74 Å². The summed E-state index contributed by atoms with van der Waals surface area (Å²) in [5, 5.41) is 0. The van der Waals surface area contributed by atoms with Crippen molar-refractivity contribution in [2.45, 2.75) is 51.4 Å². The van der Waals surface area contributed by atoms with Gasteiger partial charge in [-0.15, -0.1) is 0 Å². The fraction of sp³-hybridized carbons (Fsp3) is 0.650. The van der Waals surface area contributed by atoms with Crippen LogP contribution in [-0.2, 0) is 16.0 Å². The van der Waals surface area contributed by atoms with Crippen LogP contribution in [0.4, 0.5) is 0 Å². The van der Waals surface area contributed by atoms with Gasteiger partial charge in [-0.25, -0.2) is 0 Å². The molecule has 4 aliphatic carbocycles. The lowest BCUT2D eigenvalue weighted by molar-refractivity contribution is -0.145. The molecule has 0 radical (unpaired) electrons. The molecule has 1 aromatic carbocycles. The molecule has 0 heterocycles. The van der Waals surface area contributed by atoms with Crippen molar-refractivity contribution in [2.24, 2.45) is 23.2 Å². The molecule has 0 saturated heterocycles. The van der Waals surface area contributed by atoms with Crippen molar-refractivity contribution in [2.75, 3.05) is 6.61 Å². The highest BCUT2D eigenvalue weighted by Crippen LogP contribution is 2.61. The van der Waals surface area contributed by atoms with Gasteiger partial charge in [0, 0.05) is 0 Å². The lowest BCUT2D eigenvalue weighted by Crippen LogP contribution is -2.46. The second-order valence-corrected chi connectivity index (χ2v) is 8.05. The fourth-order valence-electron chi connectivity index (χ4n) is 5.79. The maximum atomic E-state index is 12.0. The summed E-state index contributed by atoms with van der Waals surface area (Å²) in [7, 11) is 0. The van der Waals surface area contributed by atoms with Gasteiger partial charge in [0.25, 0.3) is 0 Å². The highest BCUT2D eigenvalue weighted by atomic mass is 16.5. The van der Waals surface area contributed by atoms with E-state index in [0.717, 1.165) is 29.7 Å². The van der Waals surface area contributed by atoms with Gasteiger partial charge in [-0.2, -0.15) is 0 Å². The first-order valence-corrected chi connectivity index (χ1v) is 8.90. The van der Waals surface area contributed by atoms with Crippen LogP contribution in [0.15, 0.2) is 30.3 Å². The summed E-state index contributed by atoms with van der Waals surface area (Å²) in [6.07, 6.45) is 10.1. The molecule has 118 valence electrons. The Morgan fingerprint density at radius 3 is 2.18 bits per heavy atom. The third-order valence-electron chi connectivity index (χ3n) is 6.25. The molecule has 22 heavy (non-hydrogen) atoms. The van der Waals surface area contributed by atoms with Gasteiger partial charge in [0.1, 0.15) is 0 Å². The summed E-state index contributed by atoms with van der Waals surface area (Å²) in [5.74, 6) is 2.86. The third kappa shape index (κ3) is 2.93. The molecule has 5 rings (SSSR count). The number of carbonyl (C=O) groups is 1. The molecular formula is C20H26O2. The van der Waals surface area contributed by atoms with Gasteiger partial charge in [-0.1, -0.05) is 30.3 Å². The number of hydrogen-bond acceptors (Lipinski definition) is 2. The maximum absolute atomic E-state index is 12.0. The second-order valence-electron chi connectivity index (χ2n) is 8.05. The molecule has 0 aliphatic heterocycles. The highest BCUT2D eigenvalue weighted by molar-refractivity contribution is 5.72. The Labute approximate surface area is 133 Å². The van der Waals surface area contributed by atoms with E-state index in [2.05, 4.69) is 0 Å². The van der Waals surface area contributed by atoms with Crippen LogP contribution < -0.4 is 0 Å². The van der Waals surface area contributed by atoms with Crippen LogP contribution in [0.2, 0.25) is 0 Å². The number of ether oxygens (including phenoxy) is 1. The number of hydrogen-bond donors (Lipinski definition) is 0. The second kappa shape index (κ2) is 5.72. The molecular weight excluding hydrogens is 272 g/mol. The molecule has 2 heteroatoms. The van der Waals surface area contributed by atoms with Crippen molar-refractivity contribution in [1.82, 2.24) is 0 Å². The van der Waals surface area contributed by atoms with Crippen molar-refractivity contribution in [3.63, 3.8) is 0 Å². The molecule has 4 aliphatic rings. The predicted molar refractivity (Wildman–Crippen MR) is 86.3 cm³/mol. The Morgan fingerprint density at radius 2 is 1.59 bits per heavy atom. The van der Waals surface area contributed by atoms with Crippen LogP contribution in [0, 0.1) is 23.2 Å². The van der Waals surface area contributed by atoms with Gasteiger partial charge in [-0.05, 0) is 73.7 Å². The van der Waals surface area contributed by atoms with Crippen LogP contribution in [0.25, 0.3) is 0 Å². The van der Waals surface area contributed by atoms with Crippen molar-refractivity contribution in [1.29, 1.82) is 0 Å². The smallest absolute Gasteiger partial charge is 0.310 e. The first-order chi connectivity index (χ1) is 10.7. The zero-order valence-corrected chi connectivity index (χ0v) is 13.3. The summed E-state index contributed by atoms with van der Waals surface area (Å²) >= 11 is 0. The molecule has 1 aromatic rings. The van der Waals surface area contributed by atoms with Crippen LogP contribution in [0.5, 0.6) is 0 Å². The molecule has 0 atom stereocenters. The van der Waals surface area contributed by atoms with E-state index in [0.29, 0.717) is 18.4 Å². The Balaban J connectivity index is 1.27. The van der Waals surface area contributed by atoms with E-state index in [-0.39, 0.29) is 5.97 Å². The largest absolute Gasteiger partial charge is 0.465 e. The SMILES string of the molecule is O=C(Cc1ccccc1)OCCC12CC3CC(CC(C3)C1)C2. The van der Waals surface area contributed by atoms with Crippen LogP contribution in [0.1, 0.15) is 50.5 Å². The van der Waals surface area contributed by atoms with Crippen LogP contribution in [0.3, 0.4) is 0 Å². The highest BCUT2D eigenvalue weighted by Gasteiger charge is 2.50. The van der Waals surface area contributed by atoms with Gasteiger partial charge in [0.15, 0.2) is 0 Å². The van der Waals surface area contributed by atoms with Crippen LogP contribution >= 0.6 is 0 Å². The monoisotopic (exact) mass is 298 g/mol. The minimum absolute atomic E-state index is 0.0732. The Bertz CT molecular complexity index is 499. The van der Waals surface area contributed by atoms with E-state index >= 15 is 0 Å². The van der Waals surface area contributed by atoms with Crippen molar-refractivity contribution >= 4 is 5.97 Å². The van der Waals surface area contributed by atoms with E-state index in [9.17, 15) is 4.79 Å². The summed E-state index contributed by atoms with van der Waals surface area (Å²) in [6, 6.07) is 9.89. The minimum atomic E-state index is -0.0732. The van der Waals surface area contributed by atoms with Crippen molar-refractivity contribution < 1.29 is 9.53 Å². The first kappa shape index (κ1) is 14.3. The maximum Gasteiger partial charge on any atom is 0.310 e. The average Bonchev–Trinajstić information content (AvgIpc) is 2.46. The molecule has 4 fully saturated rings. The molecule has 0 amide bonds. The van der Waals surface area contributed by atoms with Gasteiger partial charge in [0.05, 0.1) is 13.0 Å². The number of benzene rings is 1. The average molecular weight is 298 g/mol. The van der Waals surface area contributed by atoms with Gasteiger partial charge in [-0.3, -0.25) is 4.79 Å². The summed E-state index contributed by atoms with van der Waals surface area (Å²) < 4.78 is 5.55. The van der Waals surface area contributed by atoms with Crippen molar-refractivity contribution in [3.05, 3.63) is 35.9 Å². The molecule has 0 unspecified atom stereocenters. The molecule has 0 aromatic heterocycles. The lowest BCUT2D eigenvalue weighted by atomic mass is 9.49. The minimum Gasteiger partial charge on any atom is -0.465 e. The summed E-state index contributed by atoms with van der Waals surface area (Å²) in [6.45, 7) is 0.623. The van der Waals surface area contributed by atoms with Crippen molar-refractivity contribution in [3.8, 4) is 0 Å². The van der Waals surface area contributed by atoms with E-state index in [4.69, 9.17) is 4.74 Å². The topological polar surface area (TPSA) is 26.3 Å². The molecule has 4 saturated carbocycles. The Morgan fingerprint density at radius 1 is 1.00 bits per heavy atom. The summed E-state index contributed by atoms with van der Waals surface area (Å²) in [4.78, 5) is 12.0. The van der Waals surface area contributed by atoms with E-state index in [1.165, 1.54) is 38.5 Å². The summed E-state index contributed by atoms with van der Waals surface area (Å²) in [5.41, 5.74) is 1.56. The fourth-order valence-corrected chi connectivity index (χ4v) is 5.79. The zero-order chi connectivity index (χ0) is 15.0. The third-order valence-corrected chi connectivity index (χ3v) is 6.25. The molecule has 0 N–H and O–H groups in total. The van der Waals surface area contributed by atoms with E-state index in [1.54, 1.807) is 0 Å². The molecule has 0 spiro atoms. The van der Waals surface area contributed by atoms with E-state index < -0.39 is 0 Å².